The van der Waals surface area contributed by atoms with Crippen LogP contribution in [0.5, 0.6) is 0 Å². The molecule has 0 aromatic carbocycles. The van der Waals surface area contributed by atoms with E-state index in [1.807, 2.05) is 27.7 Å². The van der Waals surface area contributed by atoms with Crippen LogP contribution < -0.4 is 0 Å². The Morgan fingerprint density at radius 1 is 1.03 bits per heavy atom. The molecule has 0 aromatic rings. The third kappa shape index (κ3) is 18.5. The van der Waals surface area contributed by atoms with E-state index in [1.54, 1.807) is 0 Å². The van der Waals surface area contributed by atoms with E-state index < -0.39 is 25.2 Å². The van der Waals surface area contributed by atoms with Gasteiger partial charge in [-0.1, -0.05) is 40.0 Å². The van der Waals surface area contributed by atoms with E-state index in [0.29, 0.717) is 38.0 Å². The molecule has 1 saturated carbocycles. The van der Waals surface area contributed by atoms with E-state index in [2.05, 4.69) is 16.4 Å². The Kier molecular flexibility index (Phi) is 18.2. The van der Waals surface area contributed by atoms with Gasteiger partial charge in [-0.3, -0.25) is 9.36 Å². The van der Waals surface area contributed by atoms with Crippen LogP contribution in [0.25, 0.3) is 0 Å². The van der Waals surface area contributed by atoms with Crippen molar-refractivity contribution in [3.63, 3.8) is 0 Å². The Labute approximate surface area is 235 Å². The Morgan fingerprint density at radius 2 is 1.64 bits per heavy atom. The minimum atomic E-state index is -2.68. The van der Waals surface area contributed by atoms with Gasteiger partial charge in [0, 0.05) is 18.2 Å². The van der Waals surface area contributed by atoms with Crippen LogP contribution in [-0.2, 0) is 32.8 Å². The summed E-state index contributed by atoms with van der Waals surface area (Å²) in [4.78, 5) is 9.66. The second-order valence-corrected chi connectivity index (χ2v) is 14.6. The van der Waals surface area contributed by atoms with Crippen molar-refractivity contribution in [1.82, 2.24) is 0 Å². The van der Waals surface area contributed by atoms with E-state index in [-0.39, 0.29) is 37.7 Å². The molecular weight excluding hydrogens is 527 g/mol. The molecule has 2 heterocycles. The molecule has 0 spiro atoms. The molecule has 3 aliphatic rings. The van der Waals surface area contributed by atoms with Gasteiger partial charge in [0.15, 0.2) is 0 Å². The highest BCUT2D eigenvalue weighted by Gasteiger charge is 2.39. The van der Waals surface area contributed by atoms with Crippen molar-refractivity contribution >= 4 is 13.8 Å². The zero-order chi connectivity index (χ0) is 29.3. The van der Waals surface area contributed by atoms with Crippen molar-refractivity contribution in [2.24, 2.45) is 5.92 Å². The average molecular weight is 583 g/mol. The second-order valence-electron chi connectivity index (χ2n) is 11.8. The molecule has 232 valence electrons. The third-order valence-electron chi connectivity index (χ3n) is 6.52. The molecule has 3 fully saturated rings. The van der Waals surface area contributed by atoms with E-state index >= 15 is 0 Å². The molecule has 0 bridgehead atoms. The fourth-order valence-corrected chi connectivity index (χ4v) is 7.90. The monoisotopic (exact) mass is 582 g/mol. The van der Waals surface area contributed by atoms with Crippen molar-refractivity contribution in [1.29, 1.82) is 0 Å². The fraction of sp³-hybridized carbons (Fsp3) is 0.964. The number of carbonyl (C=O) groups is 1. The van der Waals surface area contributed by atoms with Gasteiger partial charge in [-0.25, -0.2) is 0 Å². The van der Waals surface area contributed by atoms with Gasteiger partial charge >= 0.3 is 0 Å². The minimum Gasteiger partial charge on any atom is -0.465 e. The van der Waals surface area contributed by atoms with Crippen molar-refractivity contribution in [2.45, 2.75) is 122 Å². The van der Waals surface area contributed by atoms with Gasteiger partial charge in [-0.05, 0) is 45.4 Å². The molecule has 11 heteroatoms. The van der Waals surface area contributed by atoms with Crippen LogP contribution >= 0.6 is 7.37 Å². The van der Waals surface area contributed by atoms with E-state index in [0.717, 1.165) is 45.3 Å². The van der Waals surface area contributed by atoms with Gasteiger partial charge in [0.2, 0.25) is 7.37 Å². The number of hydrogen-bond acceptors (Lipinski definition) is 10. The molecule has 1 aliphatic carbocycles. The SMILES string of the molecule is CC(C)CC(O)COC=O.CCCP(=O)(OC(C)(C)CC(O)COCC1CO1)C1CCCCC1.OCC1CO1. The molecule has 2 saturated heterocycles. The third-order valence-corrected chi connectivity index (χ3v) is 10.0. The van der Waals surface area contributed by atoms with Crippen LogP contribution in [0, 0.1) is 5.92 Å². The Balaban J connectivity index is 0.000000414. The summed E-state index contributed by atoms with van der Waals surface area (Å²) >= 11 is 0. The molecule has 3 rings (SSSR count). The number of aliphatic hydroxyl groups is 3. The first-order valence-corrected chi connectivity index (χ1v) is 16.4. The van der Waals surface area contributed by atoms with Crippen LogP contribution in [0.1, 0.15) is 86.0 Å². The lowest BCUT2D eigenvalue weighted by molar-refractivity contribution is -0.131. The van der Waals surface area contributed by atoms with Gasteiger partial charge in [0.1, 0.15) is 18.8 Å². The predicted molar refractivity (Wildman–Crippen MR) is 150 cm³/mol. The highest BCUT2D eigenvalue weighted by Crippen LogP contribution is 2.59. The number of aliphatic hydroxyl groups excluding tert-OH is 3. The average Bonchev–Trinajstić information content (AvgIpc) is 3.78. The Bertz CT molecular complexity index is 675. The predicted octanol–water partition coefficient (Wildman–Crippen LogP) is 3.91. The van der Waals surface area contributed by atoms with E-state index in [1.165, 1.54) is 6.42 Å². The molecule has 39 heavy (non-hydrogen) atoms. The summed E-state index contributed by atoms with van der Waals surface area (Å²) in [5.41, 5.74) is -0.410. The number of carbonyl (C=O) groups excluding carboxylic acids is 1. The molecule has 10 nitrogen and oxygen atoms in total. The topological polar surface area (TPSA) is 148 Å². The lowest BCUT2D eigenvalue weighted by Gasteiger charge is -2.37. The summed E-state index contributed by atoms with van der Waals surface area (Å²) < 4.78 is 39.3. The maximum atomic E-state index is 13.5. The van der Waals surface area contributed by atoms with E-state index in [9.17, 15) is 14.5 Å². The fourth-order valence-electron chi connectivity index (χ4n) is 4.61. The smallest absolute Gasteiger partial charge is 0.293 e. The van der Waals surface area contributed by atoms with Crippen molar-refractivity contribution < 1.29 is 48.2 Å². The van der Waals surface area contributed by atoms with Gasteiger partial charge in [-0.2, -0.15) is 0 Å². The highest BCUT2D eigenvalue weighted by molar-refractivity contribution is 7.59. The second kappa shape index (κ2) is 19.5. The van der Waals surface area contributed by atoms with Gasteiger partial charge in [-0.15, -0.1) is 0 Å². The number of ether oxygens (including phenoxy) is 4. The van der Waals surface area contributed by atoms with Crippen molar-refractivity contribution in [3.05, 3.63) is 0 Å². The maximum Gasteiger partial charge on any atom is 0.293 e. The van der Waals surface area contributed by atoms with Crippen LogP contribution in [-0.4, -0.2) is 103 Å². The molecule has 2 aliphatic heterocycles. The Morgan fingerprint density at radius 3 is 2.10 bits per heavy atom. The lowest BCUT2D eigenvalue weighted by atomic mass is 10.0. The largest absolute Gasteiger partial charge is 0.465 e. The van der Waals surface area contributed by atoms with Gasteiger partial charge < -0.3 is 38.8 Å². The molecule has 0 amide bonds. The van der Waals surface area contributed by atoms with Crippen LogP contribution in [0.15, 0.2) is 0 Å². The molecule has 5 atom stereocenters. The first kappa shape index (κ1) is 36.4. The summed E-state index contributed by atoms with van der Waals surface area (Å²) in [5, 5.41) is 27.4. The summed E-state index contributed by atoms with van der Waals surface area (Å²) in [6, 6.07) is 0. The van der Waals surface area contributed by atoms with Crippen LogP contribution in [0.2, 0.25) is 0 Å². The normalized spacial score (nSPS) is 23.8. The number of rotatable bonds is 17. The molecule has 0 radical (unpaired) electrons. The first-order chi connectivity index (χ1) is 18.4. The summed E-state index contributed by atoms with van der Waals surface area (Å²) in [7, 11) is -2.68. The molecule has 5 unspecified atom stereocenters. The highest BCUT2D eigenvalue weighted by atomic mass is 31.2. The minimum absolute atomic E-state index is 0.113. The van der Waals surface area contributed by atoms with Gasteiger partial charge in [0.25, 0.3) is 6.47 Å². The summed E-state index contributed by atoms with van der Waals surface area (Å²) in [6.07, 6.45) is 7.48. The zero-order valence-electron chi connectivity index (χ0n) is 24.8. The first-order valence-electron chi connectivity index (χ1n) is 14.6. The maximum absolute atomic E-state index is 13.5. The zero-order valence-corrected chi connectivity index (χ0v) is 25.7. The summed E-state index contributed by atoms with van der Waals surface area (Å²) in [6.45, 7) is 12.9. The van der Waals surface area contributed by atoms with E-state index in [4.69, 9.17) is 24.2 Å². The standard InChI is InChI=1S/C18H35O5P.C7H14O3.C3H6O2/c1-4-10-24(20,17-8-6-5-7-9-17)23-18(2,3)11-15(19)12-21-13-16-14-22-16;1-6(2)3-7(9)4-10-5-8;4-1-3-2-5-3/h15-17,19H,4-14H2,1-3H3;5-7,9H,3-4H2,1-2H3;3-4H,1-2H2. The quantitative estimate of drug-likeness (QED) is 0.131. The Hall–Kier alpha value is -0.580. The number of hydrogen-bond donors (Lipinski definition) is 3. The molecule has 0 aromatic heterocycles. The molecular formula is C28H55O10P. The van der Waals surface area contributed by atoms with Crippen LogP contribution in [0.3, 0.4) is 0 Å². The van der Waals surface area contributed by atoms with Crippen LogP contribution in [0.4, 0.5) is 0 Å². The molecule has 3 N–H and O–H groups in total. The number of epoxide rings is 2. The van der Waals surface area contributed by atoms with Crippen molar-refractivity contribution in [3.8, 4) is 0 Å². The van der Waals surface area contributed by atoms with Crippen molar-refractivity contribution in [2.75, 3.05) is 45.8 Å². The van der Waals surface area contributed by atoms with Gasteiger partial charge in [0.05, 0.1) is 50.8 Å². The lowest BCUT2D eigenvalue weighted by Crippen LogP contribution is -2.33. The summed E-state index contributed by atoms with van der Waals surface area (Å²) in [5.74, 6) is 0.435.